The molecule has 0 saturated carbocycles. The molecule has 0 saturated heterocycles. The standard InChI is InChI=1S/C32H23N7O11S3.3Na/c33-28-27-18(16-26(53(48,49)50)31(32(27)41)39-34-19-4-2-1-3-5-19)15-25(52(45,46)47)30(28)38-36-21-9-7-20(8-10-21)35-37-29-23-12-11-22(51(42,43)44)14-17(23)6-13-24(29)40;;;/h1-16,34-35H,33H2,(H,42,43,44)(H,45,46,47)(H,48,49,50);;;/q;3*+1/p-3/b37-29-,38-36?,39-31-;;;. The van der Waals surface area contributed by atoms with Crippen LogP contribution in [0.25, 0.3) is 12.2 Å². The number of rotatable bonds is 9. The molecule has 4 aromatic carbocycles. The van der Waals surface area contributed by atoms with Gasteiger partial charge in [-0.05, 0) is 77.9 Å². The fraction of sp³-hybridized carbons (Fsp3) is 0. The van der Waals surface area contributed by atoms with Gasteiger partial charge in [0.05, 0.1) is 43.0 Å². The number of nitrogens with two attached hydrogens (primary N) is 1. The first kappa shape index (κ1) is 47.1. The van der Waals surface area contributed by atoms with E-state index in [0.717, 1.165) is 18.2 Å². The summed E-state index contributed by atoms with van der Waals surface area (Å²) in [7, 11) is -15.5. The summed E-state index contributed by atoms with van der Waals surface area (Å²) >= 11 is 0. The number of fused-ring (bicyclic) bond motifs is 2. The number of benzene rings is 4. The number of allylic oxidation sites excluding steroid dienone is 2. The Morgan fingerprint density at radius 2 is 1.23 bits per heavy atom. The summed E-state index contributed by atoms with van der Waals surface area (Å²) in [6.45, 7) is 0. The zero-order valence-corrected chi connectivity index (χ0v) is 37.8. The molecule has 0 bridgehead atoms. The molecule has 0 atom stereocenters. The Hall–Kier alpha value is -3.23. The number of para-hydroxylation sites is 1. The quantitative estimate of drug-likeness (QED) is 0.0466. The number of ketones is 2. The molecule has 56 heavy (non-hydrogen) atoms. The van der Waals surface area contributed by atoms with Gasteiger partial charge in [0.25, 0.3) is 0 Å². The first-order valence-corrected chi connectivity index (χ1v) is 18.9. The van der Waals surface area contributed by atoms with Crippen molar-refractivity contribution in [2.75, 3.05) is 16.6 Å². The topological polar surface area (TPSA) is 305 Å². The van der Waals surface area contributed by atoms with E-state index in [1.807, 2.05) is 0 Å². The Balaban J connectivity index is 0.00000280. The van der Waals surface area contributed by atoms with Crippen LogP contribution >= 0.6 is 0 Å². The molecule has 0 radical (unpaired) electrons. The SMILES string of the molecule is Nc1c(N=Nc2ccc(N/N=C3\C(=O)C=Cc4cc(S(=O)(=O)[O-])ccc43)cc2)c(S(=O)(=O)[O-])cc2c1C(=O)/C(=N\Nc1ccccc1)C(S(=O)(=O)[O-])=C2.[Na+].[Na+].[Na+]. The van der Waals surface area contributed by atoms with Crippen LogP contribution in [0.4, 0.5) is 28.4 Å². The fourth-order valence-corrected chi connectivity index (χ4v) is 6.90. The van der Waals surface area contributed by atoms with Crippen LogP contribution in [0.2, 0.25) is 0 Å². The molecule has 2 aliphatic carbocycles. The monoisotopic (exact) mass is 843 g/mol. The molecule has 0 spiro atoms. The van der Waals surface area contributed by atoms with Crippen LogP contribution in [0.3, 0.4) is 0 Å². The molecule has 18 nitrogen and oxygen atoms in total. The van der Waals surface area contributed by atoms with Gasteiger partial charge < -0.3 is 19.4 Å². The maximum Gasteiger partial charge on any atom is 1.00 e. The Labute approximate surface area is 385 Å². The summed E-state index contributed by atoms with van der Waals surface area (Å²) < 4.78 is 107. The second kappa shape index (κ2) is 18.6. The van der Waals surface area contributed by atoms with E-state index in [9.17, 15) is 48.5 Å². The first-order valence-electron chi connectivity index (χ1n) is 14.6. The average molecular weight is 844 g/mol. The number of hydrogen-bond acceptors (Lipinski definition) is 18. The minimum Gasteiger partial charge on any atom is -0.744 e. The van der Waals surface area contributed by atoms with Crippen molar-refractivity contribution in [3.63, 3.8) is 0 Å². The van der Waals surface area contributed by atoms with E-state index < -0.39 is 84.8 Å². The molecule has 0 fully saturated rings. The summed E-state index contributed by atoms with van der Waals surface area (Å²) in [5, 5.41) is 15.7. The third-order valence-corrected chi connectivity index (χ3v) is 10.1. The van der Waals surface area contributed by atoms with E-state index in [2.05, 4.69) is 31.3 Å². The minimum atomic E-state index is -5.38. The van der Waals surface area contributed by atoms with Gasteiger partial charge in [-0.3, -0.25) is 20.4 Å². The largest absolute Gasteiger partial charge is 1.00 e. The summed E-state index contributed by atoms with van der Waals surface area (Å²) in [5.41, 5.74) is 9.26. The van der Waals surface area contributed by atoms with E-state index >= 15 is 0 Å². The van der Waals surface area contributed by atoms with Gasteiger partial charge >= 0.3 is 88.7 Å². The molecule has 0 heterocycles. The van der Waals surface area contributed by atoms with Crippen molar-refractivity contribution < 1.29 is 137 Å². The number of nitrogens with one attached hydrogen (secondary N) is 2. The maximum atomic E-state index is 13.6. The third-order valence-electron chi connectivity index (χ3n) is 7.55. The summed E-state index contributed by atoms with van der Waals surface area (Å²) in [4.78, 5) is 23.5. The number of Topliss-reactive ketones (excluding diaryl/α,β-unsaturated/α-hetero) is 1. The van der Waals surface area contributed by atoms with Crippen LogP contribution in [-0.2, 0) is 35.1 Å². The molecule has 0 aliphatic heterocycles. The molecule has 6 rings (SSSR count). The van der Waals surface area contributed by atoms with Gasteiger partial charge in [-0.15, -0.1) is 5.11 Å². The molecule has 270 valence electrons. The number of hydrazone groups is 2. The smallest absolute Gasteiger partial charge is 0.744 e. The van der Waals surface area contributed by atoms with Gasteiger partial charge in [0.2, 0.25) is 11.6 Å². The van der Waals surface area contributed by atoms with Gasteiger partial charge in [-0.2, -0.15) is 15.3 Å². The number of hydrogen-bond donors (Lipinski definition) is 3. The number of nitrogen functional groups attached to an aromatic ring is 1. The zero-order valence-electron chi connectivity index (χ0n) is 29.3. The van der Waals surface area contributed by atoms with Gasteiger partial charge in [0.15, 0.2) is 0 Å². The molecule has 4 N–H and O–H groups in total. The van der Waals surface area contributed by atoms with Crippen LogP contribution in [0.5, 0.6) is 0 Å². The van der Waals surface area contributed by atoms with Crippen molar-refractivity contribution in [3.8, 4) is 0 Å². The van der Waals surface area contributed by atoms with Crippen molar-refractivity contribution in [3.05, 3.63) is 112 Å². The van der Waals surface area contributed by atoms with Crippen LogP contribution in [-0.4, -0.2) is 61.9 Å². The molecule has 0 amide bonds. The van der Waals surface area contributed by atoms with Gasteiger partial charge in [0.1, 0.15) is 47.5 Å². The van der Waals surface area contributed by atoms with Crippen molar-refractivity contribution in [1.29, 1.82) is 0 Å². The van der Waals surface area contributed by atoms with Crippen molar-refractivity contribution in [2.24, 2.45) is 20.4 Å². The minimum absolute atomic E-state index is 0. The Morgan fingerprint density at radius 1 is 0.625 bits per heavy atom. The molecule has 2 aliphatic rings. The molecule has 24 heteroatoms. The second-order valence-corrected chi connectivity index (χ2v) is 15.1. The molecule has 0 aromatic heterocycles. The van der Waals surface area contributed by atoms with E-state index in [1.54, 1.807) is 18.2 Å². The summed E-state index contributed by atoms with van der Waals surface area (Å²) in [5.74, 6) is -1.70. The number of azo groups is 1. The Morgan fingerprint density at radius 3 is 1.82 bits per heavy atom. The van der Waals surface area contributed by atoms with E-state index in [0.29, 0.717) is 23.5 Å². The van der Waals surface area contributed by atoms with Gasteiger partial charge in [-0.1, -0.05) is 30.3 Å². The summed E-state index contributed by atoms with van der Waals surface area (Å²) in [6, 6.07) is 17.7. The average Bonchev–Trinajstić information content (AvgIpc) is 3.09. The Bertz CT molecular complexity index is 2740. The fourth-order valence-electron chi connectivity index (χ4n) is 5.09. The molecular weight excluding hydrogens is 824 g/mol. The van der Waals surface area contributed by atoms with Crippen LogP contribution < -0.4 is 105 Å². The van der Waals surface area contributed by atoms with E-state index in [4.69, 9.17) is 5.73 Å². The second-order valence-electron chi connectivity index (χ2n) is 11.0. The molecule has 0 unspecified atom stereocenters. The third kappa shape index (κ3) is 10.4. The predicted molar refractivity (Wildman–Crippen MR) is 188 cm³/mol. The van der Waals surface area contributed by atoms with E-state index in [1.165, 1.54) is 48.5 Å². The maximum absolute atomic E-state index is 13.6. The van der Waals surface area contributed by atoms with Gasteiger partial charge in [0, 0.05) is 5.56 Å². The van der Waals surface area contributed by atoms with Crippen LogP contribution in [0.1, 0.15) is 27.0 Å². The first-order chi connectivity index (χ1) is 24.9. The number of carbonyl (C=O) groups excluding carboxylic acids is 2. The summed E-state index contributed by atoms with van der Waals surface area (Å²) in [6.07, 6.45) is 3.18. The van der Waals surface area contributed by atoms with Crippen molar-refractivity contribution in [2.45, 2.75) is 9.79 Å². The number of carbonyl (C=O) groups is 2. The predicted octanol–water partition coefficient (Wildman–Crippen LogP) is -5.53. The van der Waals surface area contributed by atoms with Crippen molar-refractivity contribution in [1.82, 2.24) is 0 Å². The molecular formula is C32H20N7Na3O11S3. The van der Waals surface area contributed by atoms with Gasteiger partial charge in [-0.25, -0.2) is 25.3 Å². The van der Waals surface area contributed by atoms with E-state index in [-0.39, 0.29) is 111 Å². The Kier molecular flexibility index (Phi) is 15.6. The number of nitrogens with zero attached hydrogens (tertiary/aromatic N) is 4. The zero-order chi connectivity index (χ0) is 38.3. The van der Waals surface area contributed by atoms with Crippen molar-refractivity contribution >= 4 is 93.9 Å². The normalized spacial score (nSPS) is 15.2. The number of anilines is 3. The van der Waals surface area contributed by atoms with Crippen LogP contribution in [0, 0.1) is 0 Å². The molecule has 4 aromatic rings. The van der Waals surface area contributed by atoms with Crippen LogP contribution in [0.15, 0.2) is 120 Å².